The van der Waals surface area contributed by atoms with Gasteiger partial charge in [-0.2, -0.15) is 13.2 Å². The molecule has 34 heavy (non-hydrogen) atoms. The van der Waals surface area contributed by atoms with Crippen LogP contribution in [0.3, 0.4) is 0 Å². The van der Waals surface area contributed by atoms with E-state index in [1.807, 2.05) is 6.07 Å². The van der Waals surface area contributed by atoms with E-state index < -0.39 is 42.0 Å². The molecule has 0 spiro atoms. The second-order valence-electron chi connectivity index (χ2n) is 8.95. The number of alkyl carbamates (subject to hydrolysis) is 1. The van der Waals surface area contributed by atoms with Crippen LogP contribution in [-0.4, -0.2) is 31.0 Å². The van der Waals surface area contributed by atoms with Crippen LogP contribution in [0.2, 0.25) is 0 Å². The number of alkyl halides is 3. The first-order chi connectivity index (χ1) is 15.8. The van der Waals surface area contributed by atoms with E-state index in [1.165, 1.54) is 6.08 Å². The van der Waals surface area contributed by atoms with Gasteiger partial charge in [0, 0.05) is 6.54 Å². The average molecular weight is 479 g/mol. The molecule has 0 aromatic heterocycles. The van der Waals surface area contributed by atoms with Crippen LogP contribution in [0.1, 0.15) is 44.4 Å². The molecule has 1 aliphatic rings. The van der Waals surface area contributed by atoms with Crippen LogP contribution in [0.5, 0.6) is 0 Å². The van der Waals surface area contributed by atoms with E-state index in [0.29, 0.717) is 6.07 Å². The Morgan fingerprint density at radius 1 is 1.06 bits per heavy atom. The van der Waals surface area contributed by atoms with Gasteiger partial charge in [-0.15, -0.1) is 0 Å². The average Bonchev–Trinajstić information content (AvgIpc) is 2.97. The summed E-state index contributed by atoms with van der Waals surface area (Å²) in [5, 5.41) is 2.53. The maximum Gasteiger partial charge on any atom is 0.492 e. The van der Waals surface area contributed by atoms with E-state index in [4.69, 9.17) is 14.0 Å². The molecule has 0 aliphatic carbocycles. The molecule has 0 radical (unpaired) electrons. The summed E-state index contributed by atoms with van der Waals surface area (Å²) in [7, 11) is -1.04. The summed E-state index contributed by atoms with van der Waals surface area (Å²) in [4.78, 5) is 12.2. The van der Waals surface area contributed by atoms with Crippen molar-refractivity contribution in [1.29, 1.82) is 0 Å². The van der Waals surface area contributed by atoms with E-state index >= 15 is 0 Å². The topological polar surface area (TPSA) is 56.8 Å². The smallest absolute Gasteiger partial charge is 0.445 e. The lowest BCUT2D eigenvalue weighted by atomic mass is 9.76. The molecule has 2 aromatic carbocycles. The standard InChI is InChI=1S/C24H26BF4NO4/c1-22(2)23(3,4)34-25(33-22)18(12-17-10-11-19(26)13-20(17)24(27,28)29)14-30-21(31)32-15-16-8-6-5-7-9-16/h5-13H,14-15H2,1-4H3,(H,30,31). The van der Waals surface area contributed by atoms with Crippen LogP contribution in [0.15, 0.2) is 54.0 Å². The van der Waals surface area contributed by atoms with Crippen molar-refractivity contribution in [3.05, 3.63) is 76.5 Å². The Kier molecular flexibility index (Phi) is 7.42. The van der Waals surface area contributed by atoms with Crippen molar-refractivity contribution >= 4 is 19.3 Å². The van der Waals surface area contributed by atoms with Crippen LogP contribution < -0.4 is 5.32 Å². The second kappa shape index (κ2) is 9.80. The van der Waals surface area contributed by atoms with Crippen LogP contribution in [0.25, 0.3) is 6.08 Å². The maximum absolute atomic E-state index is 13.6. The first kappa shape index (κ1) is 25.8. The van der Waals surface area contributed by atoms with E-state index in [9.17, 15) is 22.4 Å². The molecule has 5 nitrogen and oxygen atoms in total. The van der Waals surface area contributed by atoms with Crippen molar-refractivity contribution in [3.8, 4) is 0 Å². The van der Waals surface area contributed by atoms with Gasteiger partial charge in [0.1, 0.15) is 12.4 Å². The van der Waals surface area contributed by atoms with Crippen LogP contribution >= 0.6 is 0 Å². The van der Waals surface area contributed by atoms with Crippen molar-refractivity contribution in [1.82, 2.24) is 5.32 Å². The minimum absolute atomic E-state index is 0.0262. The lowest BCUT2D eigenvalue weighted by Gasteiger charge is -2.32. The molecule has 0 atom stereocenters. The van der Waals surface area contributed by atoms with Gasteiger partial charge < -0.3 is 19.4 Å². The maximum atomic E-state index is 13.6. The third-order valence-electron chi connectivity index (χ3n) is 5.87. The van der Waals surface area contributed by atoms with Gasteiger partial charge in [-0.1, -0.05) is 42.5 Å². The van der Waals surface area contributed by atoms with Gasteiger partial charge in [-0.05, 0) is 56.4 Å². The predicted molar refractivity (Wildman–Crippen MR) is 120 cm³/mol. The molecular formula is C24H26BF4NO4. The number of carbonyl (C=O) groups excluding carboxylic acids is 1. The second-order valence-corrected chi connectivity index (χ2v) is 8.95. The fourth-order valence-electron chi connectivity index (χ4n) is 3.24. The zero-order chi connectivity index (χ0) is 25.1. The fourth-order valence-corrected chi connectivity index (χ4v) is 3.24. The molecule has 0 bridgehead atoms. The first-order valence-corrected chi connectivity index (χ1v) is 10.7. The van der Waals surface area contributed by atoms with E-state index in [0.717, 1.165) is 17.7 Å². The van der Waals surface area contributed by atoms with Gasteiger partial charge in [-0.3, -0.25) is 0 Å². The third-order valence-corrected chi connectivity index (χ3v) is 5.87. The highest BCUT2D eigenvalue weighted by Gasteiger charge is 2.52. The number of benzene rings is 2. The van der Waals surface area contributed by atoms with Crippen LogP contribution in [-0.2, 0) is 26.8 Å². The number of hydrogen-bond donors (Lipinski definition) is 1. The number of amides is 1. The molecular weight excluding hydrogens is 453 g/mol. The quantitative estimate of drug-likeness (QED) is 0.421. The Labute approximate surface area is 196 Å². The summed E-state index contributed by atoms with van der Waals surface area (Å²) >= 11 is 0. The normalized spacial score (nSPS) is 17.5. The Morgan fingerprint density at radius 3 is 2.26 bits per heavy atom. The van der Waals surface area contributed by atoms with Crippen molar-refractivity contribution in [2.45, 2.75) is 51.7 Å². The number of nitrogens with one attached hydrogen (secondary N) is 1. The zero-order valence-electron chi connectivity index (χ0n) is 19.3. The van der Waals surface area contributed by atoms with Gasteiger partial charge in [0.15, 0.2) is 0 Å². The van der Waals surface area contributed by atoms with E-state index in [-0.39, 0.29) is 24.2 Å². The summed E-state index contributed by atoms with van der Waals surface area (Å²) in [5.74, 6) is -1.01. The van der Waals surface area contributed by atoms with Gasteiger partial charge in [0.05, 0.1) is 16.8 Å². The Hall–Kier alpha value is -2.85. The molecule has 1 fully saturated rings. The monoisotopic (exact) mass is 479 g/mol. The lowest BCUT2D eigenvalue weighted by molar-refractivity contribution is -0.137. The van der Waals surface area contributed by atoms with Crippen molar-refractivity contribution in [2.75, 3.05) is 6.54 Å². The van der Waals surface area contributed by atoms with E-state index in [2.05, 4.69) is 5.32 Å². The zero-order valence-corrected chi connectivity index (χ0v) is 19.3. The third kappa shape index (κ3) is 6.18. The molecule has 2 aromatic rings. The van der Waals surface area contributed by atoms with Gasteiger partial charge in [0.25, 0.3) is 0 Å². The minimum Gasteiger partial charge on any atom is -0.445 e. The predicted octanol–water partition coefficient (Wildman–Crippen LogP) is 5.79. The number of rotatable bonds is 6. The number of carbonyl (C=O) groups is 1. The molecule has 1 amide bonds. The molecule has 3 rings (SSSR count). The SMILES string of the molecule is CC1(C)OB(C(=Cc2ccc(F)cc2C(F)(F)F)CNC(=O)OCc2ccccc2)OC1(C)C. The molecule has 0 saturated carbocycles. The van der Waals surface area contributed by atoms with Gasteiger partial charge in [-0.25, -0.2) is 9.18 Å². The highest BCUT2D eigenvalue weighted by molar-refractivity contribution is 6.56. The molecule has 0 unspecified atom stereocenters. The van der Waals surface area contributed by atoms with Gasteiger partial charge in [0.2, 0.25) is 0 Å². The molecule has 182 valence electrons. The van der Waals surface area contributed by atoms with Gasteiger partial charge >= 0.3 is 19.4 Å². The Balaban J connectivity index is 1.85. The van der Waals surface area contributed by atoms with Crippen molar-refractivity contribution < 1.29 is 36.4 Å². The summed E-state index contributed by atoms with van der Waals surface area (Å²) in [5.41, 5.74) is -1.96. The first-order valence-electron chi connectivity index (χ1n) is 10.7. The number of ether oxygens (including phenoxy) is 1. The summed E-state index contributed by atoms with van der Waals surface area (Å²) in [6, 6.07) is 11.4. The van der Waals surface area contributed by atoms with Crippen molar-refractivity contribution in [3.63, 3.8) is 0 Å². The largest absolute Gasteiger partial charge is 0.492 e. The number of halogens is 4. The van der Waals surface area contributed by atoms with Crippen LogP contribution in [0, 0.1) is 5.82 Å². The molecule has 1 aliphatic heterocycles. The molecule has 1 saturated heterocycles. The Bertz CT molecular complexity index is 1040. The number of hydrogen-bond acceptors (Lipinski definition) is 4. The van der Waals surface area contributed by atoms with Crippen molar-refractivity contribution in [2.24, 2.45) is 0 Å². The highest BCUT2D eigenvalue weighted by Crippen LogP contribution is 2.39. The highest BCUT2D eigenvalue weighted by atomic mass is 19.4. The summed E-state index contributed by atoms with van der Waals surface area (Å²) < 4.78 is 71.3. The lowest BCUT2D eigenvalue weighted by Crippen LogP contribution is -2.41. The summed E-state index contributed by atoms with van der Waals surface area (Å²) in [6.45, 7) is 7.00. The minimum atomic E-state index is -4.78. The molecule has 1 N–H and O–H groups in total. The van der Waals surface area contributed by atoms with Crippen LogP contribution in [0.4, 0.5) is 22.4 Å². The summed E-state index contributed by atoms with van der Waals surface area (Å²) in [6.07, 6.45) is -4.35. The van der Waals surface area contributed by atoms with E-state index in [1.54, 1.807) is 52.0 Å². The Morgan fingerprint density at radius 2 is 1.68 bits per heavy atom. The fraction of sp³-hybridized carbons (Fsp3) is 0.375. The molecule has 1 heterocycles. The molecule has 10 heteroatoms.